The molecule has 6 heteroatoms. The second-order valence-electron chi connectivity index (χ2n) is 5.79. The van der Waals surface area contributed by atoms with Crippen molar-refractivity contribution >= 4 is 5.71 Å². The number of hydrogen-bond donors (Lipinski definition) is 0. The minimum atomic E-state index is -0.239. The van der Waals surface area contributed by atoms with E-state index in [0.29, 0.717) is 0 Å². The minimum Gasteiger partial charge on any atom is -0.253 e. The molecule has 0 bridgehead atoms. The van der Waals surface area contributed by atoms with Gasteiger partial charge in [0.05, 0.1) is 17.1 Å². The van der Waals surface area contributed by atoms with E-state index in [2.05, 4.69) is 54.8 Å². The lowest BCUT2D eigenvalue weighted by molar-refractivity contribution is 0.0947. The third-order valence-corrected chi connectivity index (χ3v) is 3.70. The van der Waals surface area contributed by atoms with Gasteiger partial charge in [-0.1, -0.05) is 6.58 Å². The van der Waals surface area contributed by atoms with Crippen molar-refractivity contribution < 1.29 is 0 Å². The molecule has 0 radical (unpaired) electrons. The molecule has 0 fully saturated rings. The van der Waals surface area contributed by atoms with Gasteiger partial charge in [-0.3, -0.25) is 5.01 Å². The van der Waals surface area contributed by atoms with Gasteiger partial charge in [0.15, 0.2) is 0 Å². The van der Waals surface area contributed by atoms with Gasteiger partial charge in [0.25, 0.3) is 0 Å². The lowest BCUT2D eigenvalue weighted by Crippen LogP contribution is -2.37. The van der Waals surface area contributed by atoms with Gasteiger partial charge in [-0.05, 0) is 59.8 Å². The quantitative estimate of drug-likeness (QED) is 0.608. The topological polar surface area (TPSA) is 51.2 Å². The van der Waals surface area contributed by atoms with Crippen LogP contribution in [0.2, 0.25) is 0 Å². The first-order valence-corrected chi connectivity index (χ1v) is 7.87. The zero-order chi connectivity index (χ0) is 17.1. The maximum atomic E-state index is 4.68. The summed E-state index contributed by atoms with van der Waals surface area (Å²) >= 11 is 0. The fraction of sp³-hybridized carbons (Fsp3) is 0.471. The van der Waals surface area contributed by atoms with Crippen molar-refractivity contribution in [2.24, 2.45) is 5.10 Å². The van der Waals surface area contributed by atoms with Gasteiger partial charge < -0.3 is 0 Å². The van der Waals surface area contributed by atoms with E-state index in [1.54, 1.807) is 6.08 Å². The van der Waals surface area contributed by atoms with Crippen LogP contribution in [-0.4, -0.2) is 36.8 Å². The fourth-order valence-electron chi connectivity index (χ4n) is 2.64. The van der Waals surface area contributed by atoms with Gasteiger partial charge in [0, 0.05) is 17.9 Å². The predicted octanol–water partition coefficient (Wildman–Crippen LogP) is 3.20. The summed E-state index contributed by atoms with van der Waals surface area (Å²) in [4.78, 5) is 0. The van der Waals surface area contributed by atoms with Crippen molar-refractivity contribution in [2.75, 3.05) is 6.54 Å². The SMILES string of the molecule is C=C/C(C)=N\N(CC)C(n1nc(C)cc1C)n1nc(C)cc1C. The fourth-order valence-corrected chi connectivity index (χ4v) is 2.64. The van der Waals surface area contributed by atoms with Crippen LogP contribution in [-0.2, 0) is 0 Å². The van der Waals surface area contributed by atoms with Crippen LogP contribution in [0.4, 0.5) is 0 Å². The van der Waals surface area contributed by atoms with E-state index in [0.717, 1.165) is 35.0 Å². The molecule has 2 aromatic rings. The lowest BCUT2D eigenvalue weighted by Gasteiger charge is -2.30. The zero-order valence-electron chi connectivity index (χ0n) is 14.9. The van der Waals surface area contributed by atoms with Crippen molar-refractivity contribution in [2.45, 2.75) is 47.8 Å². The zero-order valence-corrected chi connectivity index (χ0v) is 14.9. The maximum absolute atomic E-state index is 4.68. The van der Waals surface area contributed by atoms with E-state index in [-0.39, 0.29) is 6.29 Å². The molecule has 0 amide bonds. The van der Waals surface area contributed by atoms with Gasteiger partial charge in [0.1, 0.15) is 0 Å². The lowest BCUT2D eigenvalue weighted by atomic mass is 10.4. The number of hydrazone groups is 1. The van der Waals surface area contributed by atoms with Gasteiger partial charge in [0.2, 0.25) is 6.29 Å². The molecule has 0 aliphatic heterocycles. The summed E-state index contributed by atoms with van der Waals surface area (Å²) in [5, 5.41) is 16.0. The van der Waals surface area contributed by atoms with Crippen LogP contribution in [0.3, 0.4) is 0 Å². The molecule has 2 rings (SSSR count). The Labute approximate surface area is 138 Å². The molecule has 0 aliphatic carbocycles. The number of aromatic nitrogens is 4. The van der Waals surface area contributed by atoms with Crippen molar-refractivity contribution in [1.29, 1.82) is 0 Å². The number of rotatable bonds is 6. The molecule has 0 unspecified atom stereocenters. The third kappa shape index (κ3) is 3.52. The van der Waals surface area contributed by atoms with E-state index in [1.807, 2.05) is 35.1 Å². The van der Waals surface area contributed by atoms with Gasteiger partial charge in [-0.2, -0.15) is 15.3 Å². The minimum absolute atomic E-state index is 0.239. The van der Waals surface area contributed by atoms with E-state index in [9.17, 15) is 0 Å². The molecule has 0 spiro atoms. The smallest absolute Gasteiger partial charge is 0.234 e. The number of aryl methyl sites for hydroxylation is 4. The Kier molecular flexibility index (Phi) is 5.03. The van der Waals surface area contributed by atoms with Crippen LogP contribution in [0.25, 0.3) is 0 Å². The number of allylic oxidation sites excluding steroid dienone is 1. The summed E-state index contributed by atoms with van der Waals surface area (Å²) in [6.07, 6.45) is 1.51. The van der Waals surface area contributed by atoms with Crippen molar-refractivity contribution in [3.63, 3.8) is 0 Å². The first kappa shape index (κ1) is 17.0. The van der Waals surface area contributed by atoms with Crippen LogP contribution in [0.1, 0.15) is 42.9 Å². The van der Waals surface area contributed by atoms with Crippen LogP contribution < -0.4 is 0 Å². The molecule has 2 aromatic heterocycles. The Bertz CT molecular complexity index is 675. The van der Waals surface area contributed by atoms with Gasteiger partial charge in [-0.15, -0.1) is 0 Å². The molecule has 2 heterocycles. The highest BCUT2D eigenvalue weighted by molar-refractivity contribution is 5.91. The molecule has 0 N–H and O–H groups in total. The highest BCUT2D eigenvalue weighted by atomic mass is 15.7. The average Bonchev–Trinajstić information content (AvgIpc) is 3.00. The Hall–Kier alpha value is -2.37. The summed E-state index contributed by atoms with van der Waals surface area (Å²) in [6, 6.07) is 4.13. The predicted molar refractivity (Wildman–Crippen MR) is 93.5 cm³/mol. The number of hydrogen-bond acceptors (Lipinski definition) is 4. The van der Waals surface area contributed by atoms with Crippen LogP contribution in [0, 0.1) is 27.7 Å². The third-order valence-electron chi connectivity index (χ3n) is 3.70. The molecule has 6 nitrogen and oxygen atoms in total. The van der Waals surface area contributed by atoms with Crippen molar-refractivity contribution in [3.8, 4) is 0 Å². The standard InChI is InChI=1S/C17H26N6/c1-8-12(3)18-21(9-2)17(22-15(6)10-13(4)19-22)23-16(7)11-14(5)20-23/h8,10-11,17H,1,9H2,2-7H3/b18-12-. The second kappa shape index (κ2) is 6.81. The van der Waals surface area contributed by atoms with Gasteiger partial charge >= 0.3 is 0 Å². The Morgan fingerprint density at radius 1 is 1.17 bits per heavy atom. The maximum Gasteiger partial charge on any atom is 0.234 e. The van der Waals surface area contributed by atoms with Gasteiger partial charge in [-0.25, -0.2) is 9.36 Å². The van der Waals surface area contributed by atoms with Crippen molar-refractivity contribution in [1.82, 2.24) is 24.6 Å². The molecule has 124 valence electrons. The monoisotopic (exact) mass is 314 g/mol. The summed E-state index contributed by atoms with van der Waals surface area (Å²) in [5.41, 5.74) is 4.97. The average molecular weight is 314 g/mol. The normalized spacial score (nSPS) is 12.0. The van der Waals surface area contributed by atoms with E-state index in [4.69, 9.17) is 0 Å². The molecule has 0 aromatic carbocycles. The summed E-state index contributed by atoms with van der Waals surface area (Å²) in [6.45, 7) is 16.6. The van der Waals surface area contributed by atoms with E-state index in [1.165, 1.54) is 0 Å². The summed E-state index contributed by atoms with van der Waals surface area (Å²) in [5.74, 6) is 0. The molecule has 0 atom stereocenters. The highest BCUT2D eigenvalue weighted by Gasteiger charge is 2.25. The molecule has 23 heavy (non-hydrogen) atoms. The molecule has 0 saturated heterocycles. The summed E-state index contributed by atoms with van der Waals surface area (Å²) < 4.78 is 3.94. The van der Waals surface area contributed by atoms with Crippen LogP contribution in [0.5, 0.6) is 0 Å². The first-order chi connectivity index (χ1) is 10.9. The Balaban J connectivity index is 2.61. The first-order valence-electron chi connectivity index (χ1n) is 7.87. The van der Waals surface area contributed by atoms with Crippen LogP contribution in [0.15, 0.2) is 29.9 Å². The Morgan fingerprint density at radius 3 is 1.96 bits per heavy atom. The van der Waals surface area contributed by atoms with Crippen molar-refractivity contribution in [3.05, 3.63) is 47.6 Å². The molecular formula is C17H26N6. The number of nitrogens with zero attached hydrogens (tertiary/aromatic N) is 6. The largest absolute Gasteiger partial charge is 0.253 e. The van der Waals surface area contributed by atoms with E-state index >= 15 is 0 Å². The molecule has 0 aliphatic rings. The highest BCUT2D eigenvalue weighted by Crippen LogP contribution is 2.21. The van der Waals surface area contributed by atoms with Crippen LogP contribution >= 0.6 is 0 Å². The Morgan fingerprint density at radius 2 is 1.65 bits per heavy atom. The molecule has 0 saturated carbocycles. The second-order valence-corrected chi connectivity index (χ2v) is 5.79. The summed E-state index contributed by atoms with van der Waals surface area (Å²) in [7, 11) is 0. The molecular weight excluding hydrogens is 288 g/mol. The van der Waals surface area contributed by atoms with E-state index < -0.39 is 0 Å².